The number of benzene rings is 1. The van der Waals surface area contributed by atoms with E-state index >= 15 is 0 Å². The van der Waals surface area contributed by atoms with E-state index in [1.165, 1.54) is 21.9 Å². The Bertz CT molecular complexity index is 761. The molecule has 1 fully saturated rings. The largest absolute Gasteiger partial charge is 0.480 e. The Labute approximate surface area is 168 Å². The summed E-state index contributed by atoms with van der Waals surface area (Å²) in [4.78, 5) is 13.3. The van der Waals surface area contributed by atoms with Gasteiger partial charge in [-0.05, 0) is 55.7 Å². The molecule has 1 N–H and O–H groups in total. The van der Waals surface area contributed by atoms with E-state index in [0.717, 1.165) is 18.4 Å². The van der Waals surface area contributed by atoms with Gasteiger partial charge in [-0.2, -0.15) is 0 Å². The topological polar surface area (TPSA) is 77.9 Å². The van der Waals surface area contributed by atoms with Crippen molar-refractivity contribution >= 4 is 28.4 Å². The molecule has 0 spiro atoms. The number of rotatable bonds is 7. The lowest BCUT2D eigenvalue weighted by molar-refractivity contribution is -0.139. The van der Waals surface area contributed by atoms with E-state index in [9.17, 15) is 18.3 Å². The Balaban J connectivity index is 0.00000261. The lowest BCUT2D eigenvalue weighted by atomic mass is 10.0. The molecule has 0 unspecified atom stereocenters. The molecule has 2 aliphatic rings. The number of hydrogen-bond donors (Lipinski definition) is 1. The first-order valence-electron chi connectivity index (χ1n) is 9.43. The van der Waals surface area contributed by atoms with Crippen LogP contribution in [0.2, 0.25) is 0 Å². The van der Waals surface area contributed by atoms with Crippen LogP contribution in [0, 0.1) is 0 Å². The van der Waals surface area contributed by atoms with Gasteiger partial charge in [-0.25, -0.2) is 12.7 Å². The highest BCUT2D eigenvalue weighted by atomic mass is 35.5. The fourth-order valence-electron chi connectivity index (χ4n) is 4.11. The van der Waals surface area contributed by atoms with Crippen LogP contribution >= 0.6 is 12.4 Å². The predicted octanol–water partition coefficient (Wildman–Crippen LogP) is 2.30. The van der Waals surface area contributed by atoms with Gasteiger partial charge in [0.1, 0.15) is 0 Å². The Morgan fingerprint density at radius 1 is 1.22 bits per heavy atom. The number of piperidine rings is 1. The van der Waals surface area contributed by atoms with Gasteiger partial charge >= 0.3 is 5.97 Å². The Morgan fingerprint density at radius 3 is 2.52 bits per heavy atom. The number of carboxylic acid groups (broad SMARTS) is 1. The van der Waals surface area contributed by atoms with Gasteiger partial charge in [-0.1, -0.05) is 18.2 Å². The average Bonchev–Trinajstić information content (AvgIpc) is 3.08. The van der Waals surface area contributed by atoms with Crippen molar-refractivity contribution in [2.45, 2.75) is 51.6 Å². The van der Waals surface area contributed by atoms with Crippen molar-refractivity contribution in [3.8, 4) is 0 Å². The number of halogens is 1. The summed E-state index contributed by atoms with van der Waals surface area (Å²) >= 11 is 0. The summed E-state index contributed by atoms with van der Waals surface area (Å²) in [5.41, 5.74) is 3.95. The second-order valence-corrected chi connectivity index (χ2v) is 9.54. The molecular formula is C19H29ClN2O4S. The third-order valence-corrected chi connectivity index (χ3v) is 7.47. The SMILES string of the molecule is CCS(=O)(=O)N1CCC(N(CC(=O)O)Cc2ccc3c(c2)CCC3)CC1.Cl. The number of fused-ring (bicyclic) bond motifs is 1. The maximum Gasteiger partial charge on any atom is 0.317 e. The van der Waals surface area contributed by atoms with Gasteiger partial charge in [-0.15, -0.1) is 12.4 Å². The highest BCUT2D eigenvalue weighted by Gasteiger charge is 2.30. The van der Waals surface area contributed by atoms with Gasteiger partial charge in [0.05, 0.1) is 12.3 Å². The number of sulfonamides is 1. The van der Waals surface area contributed by atoms with Crippen molar-refractivity contribution in [3.63, 3.8) is 0 Å². The third-order valence-electron chi connectivity index (χ3n) is 5.58. The Kier molecular flexibility index (Phi) is 7.68. The van der Waals surface area contributed by atoms with Crippen molar-refractivity contribution in [2.75, 3.05) is 25.4 Å². The molecule has 1 aliphatic carbocycles. The van der Waals surface area contributed by atoms with Gasteiger partial charge < -0.3 is 5.11 Å². The monoisotopic (exact) mass is 416 g/mol. The van der Waals surface area contributed by atoms with Crippen molar-refractivity contribution < 1.29 is 18.3 Å². The van der Waals surface area contributed by atoms with E-state index in [2.05, 4.69) is 18.2 Å². The average molecular weight is 417 g/mol. The number of carboxylic acids is 1. The van der Waals surface area contributed by atoms with Crippen LogP contribution in [-0.4, -0.2) is 60.1 Å². The van der Waals surface area contributed by atoms with E-state index in [4.69, 9.17) is 0 Å². The van der Waals surface area contributed by atoms with Crippen LogP contribution in [0.5, 0.6) is 0 Å². The third kappa shape index (κ3) is 5.44. The predicted molar refractivity (Wildman–Crippen MR) is 108 cm³/mol. The molecule has 8 heteroatoms. The van der Waals surface area contributed by atoms with E-state index in [-0.39, 0.29) is 30.7 Å². The molecule has 3 rings (SSSR count). The molecule has 0 radical (unpaired) electrons. The maximum absolute atomic E-state index is 12.0. The first kappa shape index (κ1) is 22.1. The highest BCUT2D eigenvalue weighted by Crippen LogP contribution is 2.25. The molecule has 0 amide bonds. The molecule has 1 aliphatic heterocycles. The quantitative estimate of drug-likeness (QED) is 0.737. The second-order valence-electron chi connectivity index (χ2n) is 7.29. The molecule has 1 heterocycles. The fraction of sp³-hybridized carbons (Fsp3) is 0.632. The second kappa shape index (κ2) is 9.37. The summed E-state index contributed by atoms with van der Waals surface area (Å²) in [6.45, 7) is 3.20. The molecular weight excluding hydrogens is 388 g/mol. The van der Waals surface area contributed by atoms with Crippen LogP contribution in [0.3, 0.4) is 0 Å². The van der Waals surface area contributed by atoms with Crippen molar-refractivity contribution in [2.24, 2.45) is 0 Å². The summed E-state index contributed by atoms with van der Waals surface area (Å²) in [7, 11) is -3.16. The first-order chi connectivity index (χ1) is 12.4. The smallest absolute Gasteiger partial charge is 0.317 e. The van der Waals surface area contributed by atoms with Crippen LogP contribution in [0.4, 0.5) is 0 Å². The molecule has 1 aromatic carbocycles. The molecule has 152 valence electrons. The number of carbonyl (C=O) groups is 1. The molecule has 0 bridgehead atoms. The summed E-state index contributed by atoms with van der Waals surface area (Å²) in [5, 5.41) is 9.32. The molecule has 6 nitrogen and oxygen atoms in total. The van der Waals surface area contributed by atoms with E-state index < -0.39 is 16.0 Å². The summed E-state index contributed by atoms with van der Waals surface area (Å²) < 4.78 is 25.6. The van der Waals surface area contributed by atoms with Crippen molar-refractivity contribution in [1.82, 2.24) is 9.21 Å². The normalized spacial score (nSPS) is 18.3. The van der Waals surface area contributed by atoms with Gasteiger partial charge in [0.25, 0.3) is 0 Å². The maximum atomic E-state index is 12.0. The molecule has 1 aromatic rings. The van der Waals surface area contributed by atoms with E-state index in [1.807, 2.05) is 4.90 Å². The highest BCUT2D eigenvalue weighted by molar-refractivity contribution is 7.89. The van der Waals surface area contributed by atoms with Crippen LogP contribution in [0.1, 0.15) is 42.9 Å². The van der Waals surface area contributed by atoms with Crippen molar-refractivity contribution in [3.05, 3.63) is 34.9 Å². The number of aryl methyl sites for hydroxylation is 2. The van der Waals surface area contributed by atoms with Gasteiger partial charge in [-0.3, -0.25) is 9.69 Å². The van der Waals surface area contributed by atoms with Crippen LogP contribution in [0.15, 0.2) is 18.2 Å². The van der Waals surface area contributed by atoms with Crippen LogP contribution < -0.4 is 0 Å². The zero-order valence-electron chi connectivity index (χ0n) is 15.8. The first-order valence-corrected chi connectivity index (χ1v) is 11.0. The minimum atomic E-state index is -3.16. The number of hydrogen-bond acceptors (Lipinski definition) is 4. The summed E-state index contributed by atoms with van der Waals surface area (Å²) in [6.07, 6.45) is 4.80. The van der Waals surface area contributed by atoms with Gasteiger partial charge in [0, 0.05) is 25.7 Å². The Morgan fingerprint density at radius 2 is 1.89 bits per heavy atom. The zero-order valence-corrected chi connectivity index (χ0v) is 17.4. The lowest BCUT2D eigenvalue weighted by Gasteiger charge is -2.37. The minimum absolute atomic E-state index is 0. The van der Waals surface area contributed by atoms with E-state index in [1.54, 1.807) is 6.92 Å². The van der Waals surface area contributed by atoms with Crippen LogP contribution in [-0.2, 0) is 34.2 Å². The zero-order chi connectivity index (χ0) is 18.7. The molecule has 0 saturated carbocycles. The fourth-order valence-corrected chi connectivity index (χ4v) is 5.25. The van der Waals surface area contributed by atoms with E-state index in [0.29, 0.717) is 32.5 Å². The van der Waals surface area contributed by atoms with Crippen molar-refractivity contribution in [1.29, 1.82) is 0 Å². The lowest BCUT2D eigenvalue weighted by Crippen LogP contribution is -2.48. The summed E-state index contributed by atoms with van der Waals surface area (Å²) in [5.74, 6) is -0.721. The molecule has 0 aromatic heterocycles. The number of nitrogens with zero attached hydrogens (tertiary/aromatic N) is 2. The summed E-state index contributed by atoms with van der Waals surface area (Å²) in [6, 6.07) is 6.60. The number of aliphatic carboxylic acids is 1. The Hall–Kier alpha value is -1.15. The van der Waals surface area contributed by atoms with Gasteiger partial charge in [0.2, 0.25) is 10.0 Å². The minimum Gasteiger partial charge on any atom is -0.480 e. The van der Waals surface area contributed by atoms with Crippen LogP contribution in [0.25, 0.3) is 0 Å². The molecule has 1 saturated heterocycles. The molecule has 27 heavy (non-hydrogen) atoms. The standard InChI is InChI=1S/C19H28N2O4S.ClH/c1-2-26(24,25)21-10-8-18(9-11-21)20(14-19(22)23)13-15-6-7-16-4-3-5-17(16)12-15;/h6-7,12,18H,2-5,8-11,13-14H2,1H3,(H,22,23);1H. The van der Waals surface area contributed by atoms with Gasteiger partial charge in [0.15, 0.2) is 0 Å². The molecule has 0 atom stereocenters.